The molecule has 1 N–H and O–H groups in total. The van der Waals surface area contributed by atoms with Gasteiger partial charge in [-0.05, 0) is 18.1 Å². The molecule has 112 valence electrons. The average molecular weight is 319 g/mol. The van der Waals surface area contributed by atoms with Gasteiger partial charge in [-0.15, -0.1) is 11.3 Å². The van der Waals surface area contributed by atoms with Crippen LogP contribution in [0.1, 0.15) is 18.7 Å². The van der Waals surface area contributed by atoms with Crippen LogP contribution < -0.4 is 0 Å². The number of urea groups is 1. The van der Waals surface area contributed by atoms with Gasteiger partial charge in [-0.1, -0.05) is 25.4 Å². The fraction of sp³-hybridized carbons (Fsp3) is 0.538. The molecule has 0 spiro atoms. The Balaban J connectivity index is 2.69. The van der Waals surface area contributed by atoms with Crippen LogP contribution in [0.4, 0.5) is 4.79 Å². The van der Waals surface area contributed by atoms with Gasteiger partial charge in [0.25, 0.3) is 0 Å². The van der Waals surface area contributed by atoms with Gasteiger partial charge in [-0.3, -0.25) is 4.79 Å². The molecule has 1 aromatic heterocycles. The van der Waals surface area contributed by atoms with Crippen LogP contribution in [-0.2, 0) is 11.3 Å². The lowest BCUT2D eigenvalue weighted by molar-refractivity contribution is -0.137. The van der Waals surface area contributed by atoms with E-state index in [1.165, 1.54) is 21.1 Å². The van der Waals surface area contributed by atoms with Gasteiger partial charge in [0.05, 0.1) is 10.9 Å². The highest BCUT2D eigenvalue weighted by molar-refractivity contribution is 7.16. The van der Waals surface area contributed by atoms with E-state index in [9.17, 15) is 9.59 Å². The van der Waals surface area contributed by atoms with Crippen molar-refractivity contribution in [3.8, 4) is 0 Å². The topological polar surface area (TPSA) is 60.9 Å². The number of amides is 2. The zero-order valence-corrected chi connectivity index (χ0v) is 13.4. The number of carbonyl (C=O) groups is 2. The molecule has 20 heavy (non-hydrogen) atoms. The minimum atomic E-state index is -1.01. The Morgan fingerprint density at radius 2 is 2.05 bits per heavy atom. The van der Waals surface area contributed by atoms with Gasteiger partial charge in [-0.25, -0.2) is 4.79 Å². The highest BCUT2D eigenvalue weighted by Gasteiger charge is 2.21. The summed E-state index contributed by atoms with van der Waals surface area (Å²) in [5, 5.41) is 8.89. The molecule has 7 heteroatoms. The molecular formula is C13H19ClN2O3S. The first-order chi connectivity index (χ1) is 9.29. The number of halogens is 1. The van der Waals surface area contributed by atoms with Crippen LogP contribution in [0.25, 0.3) is 0 Å². The predicted molar refractivity (Wildman–Crippen MR) is 80.2 cm³/mol. The zero-order valence-electron chi connectivity index (χ0n) is 11.8. The Labute approximate surface area is 127 Å². The van der Waals surface area contributed by atoms with Gasteiger partial charge in [-0.2, -0.15) is 0 Å². The largest absolute Gasteiger partial charge is 0.480 e. The molecule has 0 radical (unpaired) electrons. The van der Waals surface area contributed by atoms with Crippen molar-refractivity contribution in [3.05, 3.63) is 21.3 Å². The lowest BCUT2D eigenvalue weighted by atomic mass is 10.2. The third kappa shape index (κ3) is 5.38. The molecule has 0 saturated carbocycles. The summed E-state index contributed by atoms with van der Waals surface area (Å²) in [5.41, 5.74) is 0. The number of hydrogen-bond donors (Lipinski definition) is 1. The molecule has 0 fully saturated rings. The molecule has 0 bridgehead atoms. The second kappa shape index (κ2) is 7.50. The van der Waals surface area contributed by atoms with E-state index in [0.717, 1.165) is 4.88 Å². The monoisotopic (exact) mass is 318 g/mol. The van der Waals surface area contributed by atoms with Crippen molar-refractivity contribution in [1.82, 2.24) is 9.80 Å². The van der Waals surface area contributed by atoms with Crippen LogP contribution in [0.5, 0.6) is 0 Å². The number of aliphatic carboxylic acids is 1. The van der Waals surface area contributed by atoms with Crippen LogP contribution in [0, 0.1) is 5.92 Å². The smallest absolute Gasteiger partial charge is 0.323 e. The maximum Gasteiger partial charge on any atom is 0.323 e. The Bertz CT molecular complexity index is 476. The number of carboxylic acids is 1. The molecule has 2 amide bonds. The summed E-state index contributed by atoms with van der Waals surface area (Å²) in [6, 6.07) is 3.36. The maximum absolute atomic E-state index is 12.3. The number of hydrogen-bond acceptors (Lipinski definition) is 3. The summed E-state index contributed by atoms with van der Waals surface area (Å²) in [4.78, 5) is 27.0. The van der Waals surface area contributed by atoms with Gasteiger partial charge in [0.1, 0.15) is 6.54 Å². The first kappa shape index (κ1) is 16.8. The summed E-state index contributed by atoms with van der Waals surface area (Å²) < 4.78 is 0.672. The van der Waals surface area contributed by atoms with Gasteiger partial charge in [0.2, 0.25) is 0 Å². The highest BCUT2D eigenvalue weighted by atomic mass is 35.5. The van der Waals surface area contributed by atoms with Crippen molar-refractivity contribution in [2.24, 2.45) is 5.92 Å². The highest BCUT2D eigenvalue weighted by Crippen LogP contribution is 2.22. The van der Waals surface area contributed by atoms with E-state index < -0.39 is 5.97 Å². The maximum atomic E-state index is 12.3. The lowest BCUT2D eigenvalue weighted by Crippen LogP contribution is -2.44. The standard InChI is InChI=1S/C13H19ClN2O3S/c1-9(2)6-16(8-12(17)18)13(19)15(3)7-10-4-5-11(14)20-10/h4-5,9H,6-8H2,1-3H3,(H,17,18). The summed E-state index contributed by atoms with van der Waals surface area (Å²) in [5.74, 6) is -0.797. The third-order valence-electron chi connectivity index (χ3n) is 2.53. The Hall–Kier alpha value is -1.27. The van der Waals surface area contributed by atoms with E-state index in [2.05, 4.69) is 0 Å². The molecule has 0 aromatic carbocycles. The van der Waals surface area contributed by atoms with Crippen molar-refractivity contribution >= 4 is 34.9 Å². The summed E-state index contributed by atoms with van der Waals surface area (Å²) in [7, 11) is 1.66. The second-order valence-electron chi connectivity index (χ2n) is 5.01. The number of carboxylic acid groups (broad SMARTS) is 1. The third-order valence-corrected chi connectivity index (χ3v) is 3.75. The Kier molecular flexibility index (Phi) is 6.29. The van der Waals surface area contributed by atoms with Gasteiger partial charge in [0.15, 0.2) is 0 Å². The minimum Gasteiger partial charge on any atom is -0.480 e. The van der Waals surface area contributed by atoms with Crippen LogP contribution >= 0.6 is 22.9 Å². The van der Waals surface area contributed by atoms with Crippen LogP contribution in [0.2, 0.25) is 4.34 Å². The number of thiophene rings is 1. The molecule has 0 aliphatic rings. The number of nitrogens with zero attached hydrogens (tertiary/aromatic N) is 2. The van der Waals surface area contributed by atoms with E-state index in [4.69, 9.17) is 16.7 Å². The predicted octanol–water partition coefficient (Wildman–Crippen LogP) is 3.00. The molecule has 1 heterocycles. The van der Waals surface area contributed by atoms with Crippen molar-refractivity contribution in [3.63, 3.8) is 0 Å². The summed E-state index contributed by atoms with van der Waals surface area (Å²) in [6.07, 6.45) is 0. The first-order valence-electron chi connectivity index (χ1n) is 6.25. The van der Waals surface area contributed by atoms with E-state index in [1.807, 2.05) is 19.9 Å². The van der Waals surface area contributed by atoms with Crippen LogP contribution in [0.3, 0.4) is 0 Å². The van der Waals surface area contributed by atoms with Gasteiger partial charge >= 0.3 is 12.0 Å². The van der Waals surface area contributed by atoms with Crippen molar-refractivity contribution in [2.75, 3.05) is 20.1 Å². The summed E-state index contributed by atoms with van der Waals surface area (Å²) in [6.45, 7) is 4.44. The molecule has 0 atom stereocenters. The quantitative estimate of drug-likeness (QED) is 0.877. The summed E-state index contributed by atoms with van der Waals surface area (Å²) >= 11 is 7.26. The van der Waals surface area contributed by atoms with Crippen molar-refractivity contribution in [2.45, 2.75) is 20.4 Å². The fourth-order valence-electron chi connectivity index (χ4n) is 1.79. The van der Waals surface area contributed by atoms with Crippen molar-refractivity contribution in [1.29, 1.82) is 0 Å². The average Bonchev–Trinajstić information content (AvgIpc) is 2.71. The van der Waals surface area contributed by atoms with Crippen molar-refractivity contribution < 1.29 is 14.7 Å². The Morgan fingerprint density at radius 1 is 1.40 bits per heavy atom. The second-order valence-corrected chi connectivity index (χ2v) is 6.81. The van der Waals surface area contributed by atoms with E-state index in [-0.39, 0.29) is 18.5 Å². The lowest BCUT2D eigenvalue weighted by Gasteiger charge is -2.28. The van der Waals surface area contributed by atoms with Crippen LogP contribution in [0.15, 0.2) is 12.1 Å². The van der Waals surface area contributed by atoms with E-state index in [1.54, 1.807) is 13.1 Å². The first-order valence-corrected chi connectivity index (χ1v) is 7.45. The molecular weight excluding hydrogens is 300 g/mol. The van der Waals surface area contributed by atoms with E-state index in [0.29, 0.717) is 17.4 Å². The molecule has 5 nitrogen and oxygen atoms in total. The molecule has 0 aliphatic heterocycles. The minimum absolute atomic E-state index is 0.211. The Morgan fingerprint density at radius 3 is 2.50 bits per heavy atom. The molecule has 0 aliphatic carbocycles. The zero-order chi connectivity index (χ0) is 15.3. The SMILES string of the molecule is CC(C)CN(CC(=O)O)C(=O)N(C)Cc1ccc(Cl)s1. The number of rotatable bonds is 6. The van der Waals surface area contributed by atoms with Gasteiger partial charge in [0, 0.05) is 18.5 Å². The van der Waals surface area contributed by atoms with Crippen LogP contribution in [-0.4, -0.2) is 47.0 Å². The molecule has 1 rings (SSSR count). The van der Waals surface area contributed by atoms with Gasteiger partial charge < -0.3 is 14.9 Å². The van der Waals surface area contributed by atoms with E-state index >= 15 is 0 Å². The normalized spacial score (nSPS) is 10.7. The molecule has 0 unspecified atom stereocenters. The fourth-order valence-corrected chi connectivity index (χ4v) is 2.93. The number of carbonyl (C=O) groups excluding carboxylic acids is 1. The molecule has 1 aromatic rings. The molecule has 0 saturated heterocycles.